The lowest BCUT2D eigenvalue weighted by molar-refractivity contribution is -0.439. The molecule has 15 nitrogen and oxygen atoms in total. The zero-order valence-electron chi connectivity index (χ0n) is 25.3. The monoisotopic (exact) mass is 675 g/mol. The molecular formula is C36H13N5O10. The molecule has 0 radical (unpaired) electrons. The Hall–Kier alpha value is -7.68. The molecule has 0 aliphatic carbocycles. The van der Waals surface area contributed by atoms with Crippen molar-refractivity contribution in [3.8, 4) is 0 Å². The molecule has 0 unspecified atom stereocenters. The summed E-state index contributed by atoms with van der Waals surface area (Å²) in [5, 5.41) is 69.3. The largest absolute Gasteiger partial charge is 0.423 e. The van der Waals surface area contributed by atoms with E-state index in [9.17, 15) is 50.6 Å². The van der Waals surface area contributed by atoms with Crippen molar-refractivity contribution in [1.82, 2.24) is 0 Å². The van der Waals surface area contributed by atoms with Gasteiger partial charge in [-0.15, -0.1) is 0 Å². The van der Waals surface area contributed by atoms with Crippen LogP contribution in [0.25, 0.3) is 97.0 Å². The fraction of sp³-hybridized carbons (Fsp3) is 0. The maximum Gasteiger partial charge on any atom is 0.423 e. The second-order valence-corrected chi connectivity index (χ2v) is 12.4. The first-order valence-corrected chi connectivity index (χ1v) is 15.2. The van der Waals surface area contributed by atoms with Crippen molar-refractivity contribution < 1.29 is 24.6 Å². The van der Waals surface area contributed by atoms with Crippen molar-refractivity contribution in [3.05, 3.63) is 129 Å². The van der Waals surface area contributed by atoms with E-state index in [-0.39, 0.29) is 32.3 Å². The number of hydrogen-bond donors (Lipinski definition) is 0. The molecule has 10 aromatic rings. The summed E-state index contributed by atoms with van der Waals surface area (Å²) >= 11 is 0. The van der Waals surface area contributed by atoms with Gasteiger partial charge in [0.15, 0.2) is 0 Å². The first-order chi connectivity index (χ1) is 24.5. The van der Waals surface area contributed by atoms with Gasteiger partial charge in [-0.3, -0.25) is 50.6 Å². The molecule has 0 aliphatic rings. The summed E-state index contributed by atoms with van der Waals surface area (Å²) in [6.07, 6.45) is 0. The Labute approximate surface area is 279 Å². The van der Waals surface area contributed by atoms with Crippen molar-refractivity contribution in [2.45, 2.75) is 0 Å². The Kier molecular flexibility index (Phi) is 5.03. The lowest BCUT2D eigenvalue weighted by Crippen LogP contribution is -2.03. The van der Waals surface area contributed by atoms with E-state index >= 15 is 0 Å². The molecule has 0 bridgehead atoms. The van der Waals surface area contributed by atoms with Crippen molar-refractivity contribution in [3.63, 3.8) is 0 Å². The second kappa shape index (κ2) is 9.06. The number of nitro groups is 5. The van der Waals surface area contributed by atoms with Gasteiger partial charge in [0, 0.05) is 27.6 Å². The van der Waals surface area contributed by atoms with Crippen molar-refractivity contribution in [2.75, 3.05) is 0 Å². The van der Waals surface area contributed by atoms with Crippen LogP contribution in [0.15, 0.2) is 78.9 Å². The van der Waals surface area contributed by atoms with Crippen LogP contribution in [0.4, 0.5) is 28.4 Å². The van der Waals surface area contributed by atoms with Crippen LogP contribution >= 0.6 is 0 Å². The summed E-state index contributed by atoms with van der Waals surface area (Å²) in [5.41, 5.74) is -5.21. The fourth-order valence-corrected chi connectivity index (χ4v) is 8.78. The number of nitro benzene ring substituents is 5. The van der Waals surface area contributed by atoms with Crippen LogP contribution in [0, 0.1) is 50.6 Å². The average Bonchev–Trinajstić information content (AvgIpc) is 3.73. The highest BCUT2D eigenvalue weighted by atomic mass is 16.7. The third-order valence-electron chi connectivity index (χ3n) is 10.3. The Balaban J connectivity index is 1.74. The molecule has 10 rings (SSSR count). The molecule has 0 aliphatic heterocycles. The molecule has 15 heteroatoms. The molecule has 10 aromatic carbocycles. The maximum atomic E-state index is 13.0. The van der Waals surface area contributed by atoms with Gasteiger partial charge in [0.05, 0.1) is 40.8 Å². The molecule has 0 N–H and O–H groups in total. The van der Waals surface area contributed by atoms with Gasteiger partial charge in [-0.05, 0) is 65.3 Å². The fourth-order valence-electron chi connectivity index (χ4n) is 8.78. The van der Waals surface area contributed by atoms with Crippen LogP contribution < -0.4 is 0 Å². The first-order valence-electron chi connectivity index (χ1n) is 15.2. The van der Waals surface area contributed by atoms with Crippen molar-refractivity contribution in [2.24, 2.45) is 0 Å². The molecule has 0 spiro atoms. The molecule has 0 saturated carbocycles. The predicted octanol–water partition coefficient (Wildman–Crippen LogP) is 9.92. The summed E-state index contributed by atoms with van der Waals surface area (Å²) in [7, 11) is 0. The van der Waals surface area contributed by atoms with E-state index in [0.717, 1.165) is 27.6 Å². The van der Waals surface area contributed by atoms with E-state index in [1.165, 1.54) is 12.1 Å². The standard InChI is InChI=1S/C36H13N5O10/c42-37(43)21-13-15-7-3-10-18-23(15)31(34(21)39(46)47)29-27(18)25-16-8-1-5-14-6-2-9-17(22(14)16)26(25)28-19-11-4-12-20-24(19)32(30(28)29)35(40(48)49)36(41(50)51)33(20)38(44)45/h1-13H. The smallest absolute Gasteiger partial charge is 0.258 e. The summed E-state index contributed by atoms with van der Waals surface area (Å²) in [4.78, 5) is 58.6. The van der Waals surface area contributed by atoms with E-state index in [4.69, 9.17) is 0 Å². The summed E-state index contributed by atoms with van der Waals surface area (Å²) in [5.74, 6) is 0. The van der Waals surface area contributed by atoms with Crippen LogP contribution in [0.5, 0.6) is 0 Å². The summed E-state index contributed by atoms with van der Waals surface area (Å²) in [6.45, 7) is 0. The van der Waals surface area contributed by atoms with Crippen LogP contribution in [0.3, 0.4) is 0 Å². The van der Waals surface area contributed by atoms with Gasteiger partial charge in [-0.25, -0.2) is 0 Å². The van der Waals surface area contributed by atoms with E-state index in [2.05, 4.69) is 0 Å². The molecule has 0 atom stereocenters. The number of benzene rings is 7. The van der Waals surface area contributed by atoms with Gasteiger partial charge in [0.25, 0.3) is 0 Å². The molecule has 0 saturated heterocycles. The van der Waals surface area contributed by atoms with E-state index in [0.29, 0.717) is 43.1 Å². The van der Waals surface area contributed by atoms with Crippen LogP contribution in [0.1, 0.15) is 0 Å². The summed E-state index contributed by atoms with van der Waals surface area (Å²) < 4.78 is 0. The topological polar surface area (TPSA) is 216 Å². The van der Waals surface area contributed by atoms with Crippen molar-refractivity contribution in [1.29, 1.82) is 0 Å². The quantitative estimate of drug-likeness (QED) is 0.124. The minimum absolute atomic E-state index is 0.00415. The molecule has 0 amide bonds. The highest BCUT2D eigenvalue weighted by Crippen LogP contribution is 2.60. The average molecular weight is 676 g/mol. The highest BCUT2D eigenvalue weighted by molar-refractivity contribution is 6.57. The van der Waals surface area contributed by atoms with Gasteiger partial charge in [-0.1, -0.05) is 66.7 Å². The molecule has 242 valence electrons. The first kappa shape index (κ1) is 28.3. The van der Waals surface area contributed by atoms with E-state index < -0.39 is 53.1 Å². The Morgan fingerprint density at radius 2 is 0.725 bits per heavy atom. The number of hydrogen-bond acceptors (Lipinski definition) is 10. The normalized spacial score (nSPS) is 12.3. The highest BCUT2D eigenvalue weighted by Gasteiger charge is 2.44. The third-order valence-corrected chi connectivity index (χ3v) is 10.3. The van der Waals surface area contributed by atoms with Crippen LogP contribution in [-0.2, 0) is 0 Å². The zero-order chi connectivity index (χ0) is 35.4. The van der Waals surface area contributed by atoms with E-state index in [1.807, 2.05) is 36.4 Å². The predicted molar refractivity (Wildman–Crippen MR) is 191 cm³/mol. The Morgan fingerprint density at radius 1 is 0.314 bits per heavy atom. The number of rotatable bonds is 5. The van der Waals surface area contributed by atoms with Crippen LogP contribution in [-0.4, -0.2) is 24.6 Å². The zero-order valence-corrected chi connectivity index (χ0v) is 25.3. The minimum Gasteiger partial charge on any atom is -0.258 e. The Bertz CT molecular complexity index is 3350. The Morgan fingerprint density at radius 3 is 1.24 bits per heavy atom. The SMILES string of the molecule is O=[N+]([O-])c1cc2cccc3c2c(c1[N+](=O)[O-])c1c3c2c3cccc4cccc(c43)c2c2c3cccc4c([N+](=O)[O-])c([N+](=O)[O-])c([N+](=O)[O-])c(c43)c21. The van der Waals surface area contributed by atoms with Gasteiger partial charge in [0.2, 0.25) is 0 Å². The van der Waals surface area contributed by atoms with Gasteiger partial charge < -0.3 is 0 Å². The second-order valence-electron chi connectivity index (χ2n) is 12.4. The molecule has 0 fully saturated rings. The number of nitrogens with zero attached hydrogens (tertiary/aromatic N) is 5. The minimum atomic E-state index is -1.34. The summed E-state index contributed by atoms with van der Waals surface area (Å²) in [6, 6.07) is 21.7. The molecule has 0 aromatic heterocycles. The van der Waals surface area contributed by atoms with Crippen LogP contribution in [0.2, 0.25) is 0 Å². The lowest BCUT2D eigenvalue weighted by Gasteiger charge is -2.06. The van der Waals surface area contributed by atoms with Gasteiger partial charge in [-0.2, -0.15) is 0 Å². The molecule has 51 heavy (non-hydrogen) atoms. The maximum absolute atomic E-state index is 13.0. The third kappa shape index (κ3) is 3.13. The lowest BCUT2D eigenvalue weighted by atomic mass is 9.96. The molecular weight excluding hydrogens is 662 g/mol. The van der Waals surface area contributed by atoms with Gasteiger partial charge in [0.1, 0.15) is 0 Å². The number of fused-ring (bicyclic) bond motifs is 12. The van der Waals surface area contributed by atoms with E-state index in [1.54, 1.807) is 24.3 Å². The van der Waals surface area contributed by atoms with Crippen molar-refractivity contribution >= 4 is 125 Å². The molecule has 0 heterocycles. The van der Waals surface area contributed by atoms with Gasteiger partial charge >= 0.3 is 28.4 Å².